The number of fused-ring (bicyclic) bond motifs is 1. The first-order valence-electron chi connectivity index (χ1n) is 7.67. The number of amides is 2. The number of nitrogens with one attached hydrogen (secondary N) is 1. The number of likely N-dealkylation sites (tertiary alicyclic amines) is 1. The third kappa shape index (κ3) is 2.04. The topological polar surface area (TPSA) is 84.9 Å². The molecule has 0 saturated carbocycles. The van der Waals surface area contributed by atoms with Gasteiger partial charge >= 0.3 is 5.97 Å². The Hall–Kier alpha value is -2.41. The minimum absolute atomic E-state index is 0.305. The Morgan fingerprint density at radius 1 is 1.21 bits per heavy atom. The van der Waals surface area contributed by atoms with Crippen LogP contribution in [0.3, 0.4) is 0 Å². The van der Waals surface area contributed by atoms with E-state index in [9.17, 15) is 14.4 Å². The second-order valence-electron chi connectivity index (χ2n) is 6.30. The number of nitrogens with zero attached hydrogens (tertiary/aromatic N) is 1. The maximum atomic E-state index is 12.7. The van der Waals surface area contributed by atoms with Gasteiger partial charge in [0, 0.05) is 18.7 Å². The highest BCUT2D eigenvalue weighted by Crippen LogP contribution is 2.49. The SMILES string of the molecule is COC(=O)[C@]1(C)N[C@H](c2ccccc2OC)[C@@H]2C(=O)N(C)C(=O)[C@@H]21. The van der Waals surface area contributed by atoms with Crippen LogP contribution >= 0.6 is 0 Å². The maximum Gasteiger partial charge on any atom is 0.326 e. The van der Waals surface area contributed by atoms with Crippen LogP contribution in [0.15, 0.2) is 24.3 Å². The van der Waals surface area contributed by atoms with Gasteiger partial charge in [0.25, 0.3) is 0 Å². The minimum Gasteiger partial charge on any atom is -0.496 e. The highest BCUT2D eigenvalue weighted by Gasteiger charge is 2.66. The normalized spacial score (nSPS) is 32.0. The van der Waals surface area contributed by atoms with Crippen LogP contribution in [0.25, 0.3) is 0 Å². The zero-order valence-electron chi connectivity index (χ0n) is 14.0. The minimum atomic E-state index is -1.28. The summed E-state index contributed by atoms with van der Waals surface area (Å²) < 4.78 is 10.3. The van der Waals surface area contributed by atoms with Crippen molar-refractivity contribution in [1.29, 1.82) is 0 Å². The van der Waals surface area contributed by atoms with E-state index in [2.05, 4.69) is 5.32 Å². The van der Waals surface area contributed by atoms with Crippen molar-refractivity contribution in [3.8, 4) is 5.75 Å². The van der Waals surface area contributed by atoms with E-state index in [4.69, 9.17) is 9.47 Å². The molecule has 2 heterocycles. The zero-order chi connectivity index (χ0) is 17.6. The Kier molecular flexibility index (Phi) is 3.83. The number of rotatable bonds is 3. The van der Waals surface area contributed by atoms with Gasteiger partial charge in [-0.25, -0.2) is 0 Å². The molecule has 2 amide bonds. The summed E-state index contributed by atoms with van der Waals surface area (Å²) >= 11 is 0. The number of para-hydroxylation sites is 1. The summed E-state index contributed by atoms with van der Waals surface area (Å²) in [6.07, 6.45) is 0. The van der Waals surface area contributed by atoms with Crippen molar-refractivity contribution in [3.05, 3.63) is 29.8 Å². The molecular weight excluding hydrogens is 312 g/mol. The lowest BCUT2D eigenvalue weighted by molar-refractivity contribution is -0.152. The molecule has 7 heteroatoms. The van der Waals surface area contributed by atoms with E-state index in [1.165, 1.54) is 14.2 Å². The fourth-order valence-corrected chi connectivity index (χ4v) is 3.87. The van der Waals surface area contributed by atoms with E-state index in [1.807, 2.05) is 18.2 Å². The molecule has 7 nitrogen and oxygen atoms in total. The summed E-state index contributed by atoms with van der Waals surface area (Å²) in [6, 6.07) is 6.74. The third-order valence-corrected chi connectivity index (χ3v) is 5.09. The van der Waals surface area contributed by atoms with Gasteiger partial charge in [-0.1, -0.05) is 18.2 Å². The number of imide groups is 1. The number of carbonyl (C=O) groups is 3. The molecule has 4 atom stereocenters. The molecule has 3 rings (SSSR count). The second kappa shape index (κ2) is 5.59. The van der Waals surface area contributed by atoms with Crippen LogP contribution < -0.4 is 10.1 Å². The third-order valence-electron chi connectivity index (χ3n) is 5.09. The predicted molar refractivity (Wildman–Crippen MR) is 84.0 cm³/mol. The molecule has 2 saturated heterocycles. The van der Waals surface area contributed by atoms with Crippen LogP contribution in [-0.2, 0) is 19.1 Å². The first-order valence-corrected chi connectivity index (χ1v) is 7.67. The van der Waals surface area contributed by atoms with Gasteiger partial charge < -0.3 is 9.47 Å². The van der Waals surface area contributed by atoms with Crippen molar-refractivity contribution in [2.24, 2.45) is 11.8 Å². The van der Waals surface area contributed by atoms with Crippen LogP contribution in [0.1, 0.15) is 18.5 Å². The Bertz CT molecular complexity index is 719. The van der Waals surface area contributed by atoms with Gasteiger partial charge in [0.2, 0.25) is 11.8 Å². The molecule has 0 unspecified atom stereocenters. The molecule has 2 aliphatic heterocycles. The Morgan fingerprint density at radius 3 is 2.50 bits per heavy atom. The van der Waals surface area contributed by atoms with Gasteiger partial charge in [0.05, 0.1) is 26.1 Å². The molecule has 2 fully saturated rings. The van der Waals surface area contributed by atoms with Crippen LogP contribution in [0.4, 0.5) is 0 Å². The van der Waals surface area contributed by atoms with Crippen molar-refractivity contribution in [3.63, 3.8) is 0 Å². The van der Waals surface area contributed by atoms with Crippen molar-refractivity contribution >= 4 is 17.8 Å². The highest BCUT2D eigenvalue weighted by molar-refractivity contribution is 6.09. The summed E-state index contributed by atoms with van der Waals surface area (Å²) in [6.45, 7) is 1.61. The molecule has 24 heavy (non-hydrogen) atoms. The second-order valence-corrected chi connectivity index (χ2v) is 6.30. The number of benzene rings is 1. The number of hydrogen-bond acceptors (Lipinski definition) is 6. The quantitative estimate of drug-likeness (QED) is 0.641. The average Bonchev–Trinajstić information content (AvgIpc) is 3.04. The lowest BCUT2D eigenvalue weighted by atomic mass is 9.80. The Morgan fingerprint density at radius 2 is 1.88 bits per heavy atom. The van der Waals surface area contributed by atoms with E-state index >= 15 is 0 Å². The first-order chi connectivity index (χ1) is 11.4. The largest absolute Gasteiger partial charge is 0.496 e. The number of carbonyl (C=O) groups excluding carboxylic acids is 3. The molecular formula is C17H20N2O5. The summed E-state index contributed by atoms with van der Waals surface area (Å²) in [7, 11) is 4.25. The lowest BCUT2D eigenvalue weighted by Crippen LogP contribution is -2.53. The van der Waals surface area contributed by atoms with E-state index in [0.717, 1.165) is 10.5 Å². The molecule has 2 aliphatic rings. The molecule has 128 valence electrons. The van der Waals surface area contributed by atoms with E-state index < -0.39 is 29.4 Å². The fraction of sp³-hybridized carbons (Fsp3) is 0.471. The molecule has 1 aromatic carbocycles. The smallest absolute Gasteiger partial charge is 0.326 e. The van der Waals surface area contributed by atoms with E-state index in [-0.39, 0.29) is 11.8 Å². The molecule has 0 bridgehead atoms. The van der Waals surface area contributed by atoms with Gasteiger partial charge in [0.15, 0.2) is 0 Å². The van der Waals surface area contributed by atoms with Crippen LogP contribution in [0, 0.1) is 11.8 Å². The number of hydrogen-bond donors (Lipinski definition) is 1. The first kappa shape index (κ1) is 16.4. The van der Waals surface area contributed by atoms with Gasteiger partial charge in [-0.15, -0.1) is 0 Å². The van der Waals surface area contributed by atoms with E-state index in [0.29, 0.717) is 5.75 Å². The van der Waals surface area contributed by atoms with Crippen molar-refractivity contribution < 1.29 is 23.9 Å². The van der Waals surface area contributed by atoms with Crippen molar-refractivity contribution in [2.45, 2.75) is 18.5 Å². The van der Waals surface area contributed by atoms with Crippen LogP contribution in [0.2, 0.25) is 0 Å². The number of esters is 1. The number of methoxy groups -OCH3 is 2. The van der Waals surface area contributed by atoms with Crippen molar-refractivity contribution in [2.75, 3.05) is 21.3 Å². The molecule has 1 N–H and O–H groups in total. The standard InChI is InChI=1S/C17H20N2O5/c1-17(16(22)24-4)12-11(14(20)19(2)15(12)21)13(18-17)9-7-5-6-8-10(9)23-3/h5-8,11-13,18H,1-4H3/t11-,12-,13-,17-/m1/s1. The molecule has 0 aliphatic carbocycles. The Balaban J connectivity index is 2.14. The van der Waals surface area contributed by atoms with Crippen LogP contribution in [0.5, 0.6) is 5.75 Å². The Labute approximate surface area is 139 Å². The van der Waals surface area contributed by atoms with Gasteiger partial charge in [-0.2, -0.15) is 0 Å². The summed E-state index contributed by atoms with van der Waals surface area (Å²) in [5.41, 5.74) is -0.540. The zero-order valence-corrected chi connectivity index (χ0v) is 14.0. The van der Waals surface area contributed by atoms with Gasteiger partial charge in [0.1, 0.15) is 11.3 Å². The lowest BCUT2D eigenvalue weighted by Gasteiger charge is -2.28. The maximum absolute atomic E-state index is 12.7. The summed E-state index contributed by atoms with van der Waals surface area (Å²) in [4.78, 5) is 38.7. The van der Waals surface area contributed by atoms with E-state index in [1.54, 1.807) is 20.1 Å². The summed E-state index contributed by atoms with van der Waals surface area (Å²) in [5, 5.41) is 3.17. The molecule has 0 spiro atoms. The van der Waals surface area contributed by atoms with Crippen molar-refractivity contribution in [1.82, 2.24) is 10.2 Å². The number of ether oxygens (including phenoxy) is 2. The highest BCUT2D eigenvalue weighted by atomic mass is 16.5. The van der Waals surface area contributed by atoms with Gasteiger partial charge in [-0.05, 0) is 13.0 Å². The van der Waals surface area contributed by atoms with Gasteiger partial charge in [-0.3, -0.25) is 24.6 Å². The predicted octanol–water partition coefficient (Wildman–Crippen LogP) is 0.502. The molecule has 0 radical (unpaired) electrons. The monoisotopic (exact) mass is 332 g/mol. The fourth-order valence-electron chi connectivity index (χ4n) is 3.87. The van der Waals surface area contributed by atoms with Crippen LogP contribution in [-0.4, -0.2) is 49.5 Å². The molecule has 0 aromatic heterocycles. The molecule has 1 aromatic rings. The average molecular weight is 332 g/mol. The summed E-state index contributed by atoms with van der Waals surface area (Å²) in [5.74, 6) is -2.13.